The van der Waals surface area contributed by atoms with Crippen LogP contribution in [0.1, 0.15) is 54.0 Å². The number of hydrogen-bond donors (Lipinski definition) is 0. The molecule has 0 saturated carbocycles. The van der Waals surface area contributed by atoms with Gasteiger partial charge < -0.3 is 4.74 Å². The fraction of sp³-hybridized carbons (Fsp3) is 0.556. The van der Waals surface area contributed by atoms with E-state index in [4.69, 9.17) is 4.74 Å². The highest BCUT2D eigenvalue weighted by atomic mass is 16.5. The molecule has 19 heavy (non-hydrogen) atoms. The van der Waals surface area contributed by atoms with Gasteiger partial charge in [0.25, 0.3) is 0 Å². The molecule has 0 radical (unpaired) electrons. The van der Waals surface area contributed by atoms with Gasteiger partial charge in [-0.25, -0.2) is 0 Å². The first-order valence-corrected chi connectivity index (χ1v) is 7.07. The summed E-state index contributed by atoms with van der Waals surface area (Å²) in [5, 5.41) is 0. The molecular weight excluding hydrogens is 232 g/mol. The van der Waals surface area contributed by atoms with E-state index in [1.165, 1.54) is 11.1 Å². The van der Waals surface area contributed by atoms with E-state index in [9.17, 15) is 0 Å². The Kier molecular flexibility index (Phi) is 3.08. The van der Waals surface area contributed by atoms with E-state index in [0.717, 1.165) is 5.76 Å². The molecule has 1 aromatic carbocycles. The van der Waals surface area contributed by atoms with Crippen LogP contribution in [0.2, 0.25) is 0 Å². The van der Waals surface area contributed by atoms with Crippen molar-refractivity contribution in [1.29, 1.82) is 0 Å². The van der Waals surface area contributed by atoms with Crippen LogP contribution in [-0.2, 0) is 4.74 Å². The summed E-state index contributed by atoms with van der Waals surface area (Å²) in [6.45, 7) is 15.9. The van der Waals surface area contributed by atoms with Crippen LogP contribution in [0.3, 0.4) is 0 Å². The van der Waals surface area contributed by atoms with Crippen molar-refractivity contribution < 1.29 is 4.74 Å². The number of ether oxygens (including phenoxy) is 1. The van der Waals surface area contributed by atoms with Gasteiger partial charge in [0.1, 0.15) is 11.4 Å². The second kappa shape index (κ2) is 4.13. The zero-order valence-corrected chi connectivity index (χ0v) is 13.3. The van der Waals surface area contributed by atoms with Crippen LogP contribution >= 0.6 is 0 Å². The molecule has 1 nitrogen and oxygen atoms in total. The third-order valence-corrected chi connectivity index (χ3v) is 5.74. The molecule has 1 aliphatic heterocycles. The van der Waals surface area contributed by atoms with Crippen LogP contribution in [0, 0.1) is 10.8 Å². The van der Waals surface area contributed by atoms with Crippen molar-refractivity contribution >= 4 is 5.76 Å². The number of benzene rings is 1. The topological polar surface area (TPSA) is 9.23 Å². The highest BCUT2D eigenvalue weighted by Gasteiger charge is 2.54. The molecule has 0 bridgehead atoms. The molecule has 0 amide bonds. The van der Waals surface area contributed by atoms with Gasteiger partial charge in [0, 0.05) is 11.0 Å². The minimum atomic E-state index is -0.193. The summed E-state index contributed by atoms with van der Waals surface area (Å²) in [7, 11) is 0. The first-order chi connectivity index (χ1) is 8.61. The molecule has 104 valence electrons. The molecule has 0 aromatic heterocycles. The standard InChI is InChI=1S/C18H26O/c1-13-15(14-11-9-8-10-12-14)19-18(6,7)17(4,5)16(13,2)3/h8-12H,1-7H3. The summed E-state index contributed by atoms with van der Waals surface area (Å²) in [4.78, 5) is 0. The van der Waals surface area contributed by atoms with Gasteiger partial charge in [0.15, 0.2) is 0 Å². The molecule has 2 rings (SSSR count). The Hall–Kier alpha value is -1.24. The molecule has 1 heteroatoms. The molecule has 1 aromatic rings. The Morgan fingerprint density at radius 2 is 1.37 bits per heavy atom. The average Bonchev–Trinajstić information content (AvgIpc) is 2.34. The van der Waals surface area contributed by atoms with Crippen molar-refractivity contribution in [3.05, 3.63) is 41.5 Å². The lowest BCUT2D eigenvalue weighted by Crippen LogP contribution is -2.54. The Bertz CT molecular complexity index is 504. The predicted molar refractivity (Wildman–Crippen MR) is 81.8 cm³/mol. The highest BCUT2D eigenvalue weighted by molar-refractivity contribution is 5.65. The molecule has 0 aliphatic carbocycles. The maximum Gasteiger partial charge on any atom is 0.126 e. The molecule has 1 aliphatic rings. The maximum absolute atomic E-state index is 6.40. The molecule has 0 saturated heterocycles. The normalized spacial score (nSPS) is 23.9. The monoisotopic (exact) mass is 258 g/mol. The summed E-state index contributed by atoms with van der Waals surface area (Å²) in [5.74, 6) is 1.05. The molecule has 1 heterocycles. The van der Waals surface area contributed by atoms with Crippen LogP contribution in [0.5, 0.6) is 0 Å². The fourth-order valence-corrected chi connectivity index (χ4v) is 2.83. The Morgan fingerprint density at radius 1 is 0.842 bits per heavy atom. The molecule has 0 N–H and O–H groups in total. The first kappa shape index (κ1) is 14.2. The van der Waals surface area contributed by atoms with E-state index in [2.05, 4.69) is 72.7 Å². The van der Waals surface area contributed by atoms with Gasteiger partial charge in [-0.05, 0) is 31.8 Å². The number of allylic oxidation sites excluding steroid dienone is 1. The first-order valence-electron chi connectivity index (χ1n) is 7.07. The summed E-state index contributed by atoms with van der Waals surface area (Å²) >= 11 is 0. The lowest BCUT2D eigenvalue weighted by molar-refractivity contribution is -0.105. The largest absolute Gasteiger partial charge is 0.487 e. The van der Waals surface area contributed by atoms with Crippen LogP contribution in [-0.4, -0.2) is 5.60 Å². The zero-order valence-electron chi connectivity index (χ0n) is 13.3. The minimum absolute atomic E-state index is 0.0718. The minimum Gasteiger partial charge on any atom is -0.487 e. The third-order valence-electron chi connectivity index (χ3n) is 5.74. The van der Waals surface area contributed by atoms with Crippen molar-refractivity contribution in [3.63, 3.8) is 0 Å². The van der Waals surface area contributed by atoms with E-state index in [-0.39, 0.29) is 16.4 Å². The second-order valence-corrected chi connectivity index (χ2v) is 7.18. The predicted octanol–water partition coefficient (Wildman–Crippen LogP) is 5.28. The summed E-state index contributed by atoms with van der Waals surface area (Å²) < 4.78 is 6.40. The summed E-state index contributed by atoms with van der Waals surface area (Å²) in [5.41, 5.74) is 2.49. The van der Waals surface area contributed by atoms with Crippen molar-refractivity contribution in [1.82, 2.24) is 0 Å². The van der Waals surface area contributed by atoms with Gasteiger partial charge in [0.2, 0.25) is 0 Å². The van der Waals surface area contributed by atoms with Gasteiger partial charge in [0.05, 0.1) is 0 Å². The SMILES string of the molecule is CC1=C(c2ccccc2)OC(C)(C)C(C)(C)C1(C)C. The average molecular weight is 258 g/mol. The van der Waals surface area contributed by atoms with Crippen LogP contribution in [0.25, 0.3) is 5.76 Å². The summed E-state index contributed by atoms with van der Waals surface area (Å²) in [6.07, 6.45) is 0. The van der Waals surface area contributed by atoms with Gasteiger partial charge in [-0.2, -0.15) is 0 Å². The fourth-order valence-electron chi connectivity index (χ4n) is 2.83. The maximum atomic E-state index is 6.40. The lowest BCUT2D eigenvalue weighted by Gasteiger charge is -2.56. The van der Waals surface area contributed by atoms with Gasteiger partial charge >= 0.3 is 0 Å². The molecule has 0 unspecified atom stereocenters. The van der Waals surface area contributed by atoms with Gasteiger partial charge in [-0.15, -0.1) is 0 Å². The molecule has 0 fully saturated rings. The van der Waals surface area contributed by atoms with E-state index in [1.807, 2.05) is 6.07 Å². The zero-order chi connectivity index (χ0) is 14.5. The van der Waals surface area contributed by atoms with E-state index in [0.29, 0.717) is 0 Å². The van der Waals surface area contributed by atoms with Crippen molar-refractivity contribution in [2.24, 2.45) is 10.8 Å². The Labute approximate surface area is 117 Å². The van der Waals surface area contributed by atoms with Crippen molar-refractivity contribution in [2.75, 3.05) is 0 Å². The third kappa shape index (κ3) is 1.91. The van der Waals surface area contributed by atoms with Crippen molar-refractivity contribution in [3.8, 4) is 0 Å². The lowest BCUT2D eigenvalue weighted by atomic mass is 9.55. The van der Waals surface area contributed by atoms with Crippen LogP contribution in [0.15, 0.2) is 35.9 Å². The van der Waals surface area contributed by atoms with Crippen molar-refractivity contribution in [2.45, 2.75) is 54.1 Å². The van der Waals surface area contributed by atoms with Crippen LogP contribution < -0.4 is 0 Å². The van der Waals surface area contributed by atoms with Gasteiger partial charge in [-0.3, -0.25) is 0 Å². The molecular formula is C18H26O. The van der Waals surface area contributed by atoms with E-state index >= 15 is 0 Å². The quantitative estimate of drug-likeness (QED) is 0.666. The van der Waals surface area contributed by atoms with E-state index < -0.39 is 0 Å². The van der Waals surface area contributed by atoms with Crippen LogP contribution in [0.4, 0.5) is 0 Å². The van der Waals surface area contributed by atoms with E-state index in [1.54, 1.807) is 0 Å². The highest BCUT2D eigenvalue weighted by Crippen LogP contribution is 2.58. The number of rotatable bonds is 1. The molecule has 0 atom stereocenters. The molecule has 0 spiro atoms. The summed E-state index contributed by atoms with van der Waals surface area (Å²) in [6, 6.07) is 10.4. The number of hydrogen-bond acceptors (Lipinski definition) is 1. The Balaban J connectivity index is 2.64. The smallest absolute Gasteiger partial charge is 0.126 e. The van der Waals surface area contributed by atoms with Gasteiger partial charge in [-0.1, -0.05) is 58.0 Å². The Morgan fingerprint density at radius 3 is 1.89 bits per heavy atom. The second-order valence-electron chi connectivity index (χ2n) is 7.18.